The molecule has 1 N–H and O–H groups in total. The van der Waals surface area contributed by atoms with Crippen LogP contribution in [0.3, 0.4) is 0 Å². The van der Waals surface area contributed by atoms with Crippen molar-refractivity contribution in [3.05, 3.63) is 58.4 Å². The first kappa shape index (κ1) is 13.0. The molecule has 0 fully saturated rings. The van der Waals surface area contributed by atoms with Gasteiger partial charge in [0.05, 0.1) is 15.8 Å². The molecule has 0 amide bonds. The van der Waals surface area contributed by atoms with Crippen molar-refractivity contribution >= 4 is 32.5 Å². The first-order valence-electron chi connectivity index (χ1n) is 6.76. The molecule has 4 rings (SSSR count). The number of phenols is 1. The standard InChI is InChI=1S/C17H11NO3S/c1-9-8-14(20)21-16-10(9)6-7-12(19)15(16)17-18-11-4-2-3-5-13(11)22-17/h2-8,19H,1H3. The van der Waals surface area contributed by atoms with E-state index in [1.807, 2.05) is 31.2 Å². The molecule has 0 aliphatic heterocycles. The van der Waals surface area contributed by atoms with Crippen LogP contribution in [0.2, 0.25) is 0 Å². The summed E-state index contributed by atoms with van der Waals surface area (Å²) in [6.45, 7) is 1.85. The smallest absolute Gasteiger partial charge is 0.336 e. The zero-order valence-electron chi connectivity index (χ0n) is 11.7. The highest BCUT2D eigenvalue weighted by atomic mass is 32.1. The Kier molecular flexibility index (Phi) is 2.77. The van der Waals surface area contributed by atoms with Crippen molar-refractivity contribution in [1.82, 2.24) is 4.98 Å². The number of benzene rings is 2. The average Bonchev–Trinajstić information content (AvgIpc) is 2.89. The molecule has 0 unspecified atom stereocenters. The number of phenolic OH excluding ortho intramolecular Hbond substituents is 1. The summed E-state index contributed by atoms with van der Waals surface area (Å²) < 4.78 is 6.37. The third-order valence-electron chi connectivity index (χ3n) is 3.61. The van der Waals surface area contributed by atoms with Gasteiger partial charge in [-0.15, -0.1) is 11.3 Å². The SMILES string of the molecule is Cc1cc(=O)oc2c(-c3nc4ccccc4s3)c(O)ccc12. The fourth-order valence-electron chi connectivity index (χ4n) is 2.56. The monoisotopic (exact) mass is 309 g/mol. The number of rotatable bonds is 1. The quantitative estimate of drug-likeness (QED) is 0.538. The summed E-state index contributed by atoms with van der Waals surface area (Å²) >= 11 is 1.46. The highest BCUT2D eigenvalue weighted by Crippen LogP contribution is 2.40. The Bertz CT molecular complexity index is 1050. The second kappa shape index (κ2) is 4.68. The highest BCUT2D eigenvalue weighted by molar-refractivity contribution is 7.21. The van der Waals surface area contributed by atoms with E-state index in [2.05, 4.69) is 4.98 Å². The Labute approximate surface area is 129 Å². The predicted octanol–water partition coefficient (Wildman–Crippen LogP) is 4.08. The van der Waals surface area contributed by atoms with Gasteiger partial charge >= 0.3 is 5.63 Å². The van der Waals surface area contributed by atoms with Crippen molar-refractivity contribution in [3.63, 3.8) is 0 Å². The van der Waals surface area contributed by atoms with Crippen LogP contribution in [0.25, 0.3) is 31.8 Å². The van der Waals surface area contributed by atoms with Crippen LogP contribution in [-0.2, 0) is 0 Å². The van der Waals surface area contributed by atoms with Crippen molar-refractivity contribution in [2.45, 2.75) is 6.92 Å². The number of hydrogen-bond acceptors (Lipinski definition) is 5. The molecule has 0 bridgehead atoms. The van der Waals surface area contributed by atoms with Gasteiger partial charge in [-0.05, 0) is 36.8 Å². The van der Waals surface area contributed by atoms with E-state index in [9.17, 15) is 9.90 Å². The van der Waals surface area contributed by atoms with Crippen LogP contribution in [0.4, 0.5) is 0 Å². The lowest BCUT2D eigenvalue weighted by Crippen LogP contribution is -1.98. The molecule has 5 heteroatoms. The third-order valence-corrected chi connectivity index (χ3v) is 4.66. The van der Waals surface area contributed by atoms with Gasteiger partial charge in [0.1, 0.15) is 10.8 Å². The molecular weight excluding hydrogens is 298 g/mol. The lowest BCUT2D eigenvalue weighted by molar-refractivity contribution is 0.475. The molecule has 4 aromatic rings. The molecule has 0 atom stereocenters. The Hall–Kier alpha value is -2.66. The first-order chi connectivity index (χ1) is 10.6. The maximum Gasteiger partial charge on any atom is 0.336 e. The van der Waals surface area contributed by atoms with Crippen LogP contribution < -0.4 is 5.63 Å². The third kappa shape index (κ3) is 1.90. The molecule has 0 saturated carbocycles. The minimum Gasteiger partial charge on any atom is -0.507 e. The number of thiazole rings is 1. The summed E-state index contributed by atoms with van der Waals surface area (Å²) in [5.74, 6) is 0.0558. The van der Waals surface area contributed by atoms with Gasteiger partial charge in [0, 0.05) is 11.5 Å². The zero-order valence-corrected chi connectivity index (χ0v) is 12.5. The summed E-state index contributed by atoms with van der Waals surface area (Å²) in [6, 6.07) is 12.5. The van der Waals surface area contributed by atoms with E-state index in [0.29, 0.717) is 16.2 Å². The molecule has 0 radical (unpaired) electrons. The van der Waals surface area contributed by atoms with Gasteiger partial charge in [-0.25, -0.2) is 9.78 Å². The molecular formula is C17H11NO3S. The molecule has 0 saturated heterocycles. The van der Waals surface area contributed by atoms with Crippen molar-refractivity contribution in [2.24, 2.45) is 0 Å². The molecule has 2 aromatic heterocycles. The van der Waals surface area contributed by atoms with E-state index >= 15 is 0 Å². The van der Waals surface area contributed by atoms with Gasteiger partial charge in [0.2, 0.25) is 0 Å². The topological polar surface area (TPSA) is 63.3 Å². The number of fused-ring (bicyclic) bond motifs is 2. The molecule has 2 heterocycles. The Morgan fingerprint density at radius 1 is 1.18 bits per heavy atom. The van der Waals surface area contributed by atoms with E-state index < -0.39 is 5.63 Å². The number of para-hydroxylation sites is 1. The van der Waals surface area contributed by atoms with E-state index in [1.165, 1.54) is 17.4 Å². The first-order valence-corrected chi connectivity index (χ1v) is 7.57. The number of aromatic nitrogens is 1. The van der Waals surface area contributed by atoms with Gasteiger partial charge in [0.25, 0.3) is 0 Å². The minimum absolute atomic E-state index is 0.0558. The normalized spacial score (nSPS) is 11.3. The maximum atomic E-state index is 11.7. The van der Waals surface area contributed by atoms with Crippen LogP contribution in [-0.4, -0.2) is 10.1 Å². The summed E-state index contributed by atoms with van der Waals surface area (Å²) in [6.07, 6.45) is 0. The second-order valence-electron chi connectivity index (χ2n) is 5.07. The van der Waals surface area contributed by atoms with Crippen molar-refractivity contribution < 1.29 is 9.52 Å². The summed E-state index contributed by atoms with van der Waals surface area (Å²) in [7, 11) is 0. The number of nitrogens with zero attached hydrogens (tertiary/aromatic N) is 1. The van der Waals surface area contributed by atoms with Gasteiger partial charge in [-0.2, -0.15) is 0 Å². The summed E-state index contributed by atoms with van der Waals surface area (Å²) in [4.78, 5) is 16.3. The fourth-order valence-corrected chi connectivity index (χ4v) is 3.58. The lowest BCUT2D eigenvalue weighted by atomic mass is 10.1. The van der Waals surface area contributed by atoms with Gasteiger partial charge in [-0.3, -0.25) is 0 Å². The van der Waals surface area contributed by atoms with Crippen LogP contribution in [0, 0.1) is 6.92 Å². The van der Waals surface area contributed by atoms with Crippen LogP contribution in [0.1, 0.15) is 5.56 Å². The number of hydrogen-bond donors (Lipinski definition) is 1. The Balaban J connectivity index is 2.13. The lowest BCUT2D eigenvalue weighted by Gasteiger charge is -2.06. The minimum atomic E-state index is -0.432. The van der Waals surface area contributed by atoms with Crippen molar-refractivity contribution in [3.8, 4) is 16.3 Å². The van der Waals surface area contributed by atoms with E-state index in [0.717, 1.165) is 21.2 Å². The van der Waals surface area contributed by atoms with Crippen molar-refractivity contribution in [2.75, 3.05) is 0 Å². The van der Waals surface area contributed by atoms with E-state index in [-0.39, 0.29) is 5.75 Å². The van der Waals surface area contributed by atoms with E-state index in [1.54, 1.807) is 12.1 Å². The average molecular weight is 309 g/mol. The Morgan fingerprint density at radius 2 is 2.00 bits per heavy atom. The molecule has 2 aromatic carbocycles. The number of aromatic hydroxyl groups is 1. The number of aryl methyl sites for hydroxylation is 1. The van der Waals surface area contributed by atoms with Gasteiger partial charge in [0.15, 0.2) is 5.58 Å². The zero-order chi connectivity index (χ0) is 15.3. The van der Waals surface area contributed by atoms with Crippen molar-refractivity contribution in [1.29, 1.82) is 0 Å². The summed E-state index contributed by atoms with van der Waals surface area (Å²) in [5.41, 5.74) is 2.09. The summed E-state index contributed by atoms with van der Waals surface area (Å²) in [5, 5.41) is 11.7. The maximum absolute atomic E-state index is 11.7. The van der Waals surface area contributed by atoms with E-state index in [4.69, 9.17) is 4.42 Å². The van der Waals surface area contributed by atoms with Gasteiger partial charge in [-0.1, -0.05) is 12.1 Å². The predicted molar refractivity (Wildman–Crippen MR) is 87.5 cm³/mol. The molecule has 0 spiro atoms. The molecule has 108 valence electrons. The Morgan fingerprint density at radius 3 is 2.82 bits per heavy atom. The van der Waals surface area contributed by atoms with Gasteiger partial charge < -0.3 is 9.52 Å². The molecule has 4 nitrogen and oxygen atoms in total. The molecule has 0 aliphatic rings. The van der Waals surface area contributed by atoms with Crippen LogP contribution in [0.15, 0.2) is 51.7 Å². The highest BCUT2D eigenvalue weighted by Gasteiger charge is 2.17. The largest absolute Gasteiger partial charge is 0.507 e. The fraction of sp³-hybridized carbons (Fsp3) is 0.0588. The second-order valence-corrected chi connectivity index (χ2v) is 6.10. The molecule has 22 heavy (non-hydrogen) atoms. The van der Waals surface area contributed by atoms with Crippen LogP contribution in [0.5, 0.6) is 5.75 Å². The van der Waals surface area contributed by atoms with Crippen LogP contribution >= 0.6 is 11.3 Å². The molecule has 0 aliphatic carbocycles.